The predicted molar refractivity (Wildman–Crippen MR) is 121 cm³/mol. The molecule has 3 aromatic rings. The van der Waals surface area contributed by atoms with Crippen LogP contribution in [0.5, 0.6) is 0 Å². The van der Waals surface area contributed by atoms with Crippen LogP contribution < -0.4 is 10.2 Å². The first kappa shape index (κ1) is 19.6. The molecule has 0 saturated heterocycles. The Morgan fingerprint density at radius 2 is 1.43 bits per heavy atom. The minimum Gasteiger partial charge on any atom is -0.350 e. The zero-order valence-electron chi connectivity index (χ0n) is 17.6. The third-order valence-corrected chi connectivity index (χ3v) is 5.40. The summed E-state index contributed by atoms with van der Waals surface area (Å²) in [5, 5.41) is 3.26. The van der Waals surface area contributed by atoms with E-state index in [-0.39, 0.29) is 11.8 Å². The largest absolute Gasteiger partial charge is 0.350 e. The standard InChI is InChI=1S/C26H24N2O2/c1-16-8-7-10-20(15-16)28-25(29)23(21-13-12-17(2)14-19(21)4)24(26(28)30)27-22-11-6-5-9-18(22)3/h5-15,27H,1-4H3. The maximum atomic E-state index is 13.6. The van der Waals surface area contributed by atoms with E-state index in [0.29, 0.717) is 17.0 Å². The Kier molecular flexibility index (Phi) is 5.00. The number of rotatable bonds is 4. The number of anilines is 2. The minimum atomic E-state index is -0.344. The summed E-state index contributed by atoms with van der Waals surface area (Å²) in [6.45, 7) is 7.89. The molecule has 0 radical (unpaired) electrons. The Balaban J connectivity index is 1.89. The molecule has 0 aromatic heterocycles. The summed E-state index contributed by atoms with van der Waals surface area (Å²) in [5.41, 5.74) is 6.92. The van der Waals surface area contributed by atoms with Crippen LogP contribution in [0.3, 0.4) is 0 Å². The molecular weight excluding hydrogens is 372 g/mol. The van der Waals surface area contributed by atoms with Gasteiger partial charge in [0.2, 0.25) is 0 Å². The molecule has 0 atom stereocenters. The lowest BCUT2D eigenvalue weighted by Gasteiger charge is -2.16. The van der Waals surface area contributed by atoms with Gasteiger partial charge < -0.3 is 5.32 Å². The number of amides is 2. The molecule has 1 heterocycles. The highest BCUT2D eigenvalue weighted by Gasteiger charge is 2.40. The van der Waals surface area contributed by atoms with Crippen molar-refractivity contribution in [2.24, 2.45) is 0 Å². The van der Waals surface area contributed by atoms with Crippen molar-refractivity contribution >= 4 is 28.8 Å². The van der Waals surface area contributed by atoms with Gasteiger partial charge in [0.15, 0.2) is 0 Å². The molecule has 4 nitrogen and oxygen atoms in total. The molecule has 0 spiro atoms. The zero-order valence-corrected chi connectivity index (χ0v) is 17.6. The van der Waals surface area contributed by atoms with Crippen LogP contribution in [0.1, 0.15) is 27.8 Å². The number of hydrogen-bond acceptors (Lipinski definition) is 3. The number of nitrogens with one attached hydrogen (secondary N) is 1. The lowest BCUT2D eigenvalue weighted by molar-refractivity contribution is -0.120. The van der Waals surface area contributed by atoms with E-state index in [1.54, 1.807) is 6.07 Å². The molecule has 0 bridgehead atoms. The van der Waals surface area contributed by atoms with Gasteiger partial charge in [-0.25, -0.2) is 4.90 Å². The van der Waals surface area contributed by atoms with Crippen LogP contribution >= 0.6 is 0 Å². The fourth-order valence-electron chi connectivity index (χ4n) is 3.84. The second-order valence-corrected chi connectivity index (χ2v) is 7.79. The molecule has 1 aliphatic rings. The summed E-state index contributed by atoms with van der Waals surface area (Å²) in [5.74, 6) is -0.655. The molecule has 150 valence electrons. The fourth-order valence-corrected chi connectivity index (χ4v) is 3.84. The average molecular weight is 396 g/mol. The van der Waals surface area contributed by atoms with Crippen molar-refractivity contribution in [1.29, 1.82) is 0 Å². The van der Waals surface area contributed by atoms with Crippen molar-refractivity contribution < 1.29 is 9.59 Å². The van der Waals surface area contributed by atoms with E-state index >= 15 is 0 Å². The number of benzene rings is 3. The van der Waals surface area contributed by atoms with Gasteiger partial charge in [-0.2, -0.15) is 0 Å². The van der Waals surface area contributed by atoms with Gasteiger partial charge in [0, 0.05) is 5.69 Å². The summed E-state index contributed by atoms with van der Waals surface area (Å²) in [6.07, 6.45) is 0. The second kappa shape index (κ2) is 7.64. The van der Waals surface area contributed by atoms with Crippen molar-refractivity contribution in [1.82, 2.24) is 0 Å². The molecule has 0 aliphatic carbocycles. The Bertz CT molecular complexity index is 1210. The molecule has 1 N–H and O–H groups in total. The summed E-state index contributed by atoms with van der Waals surface area (Å²) in [4.78, 5) is 28.3. The molecule has 0 unspecified atom stereocenters. The predicted octanol–water partition coefficient (Wildman–Crippen LogP) is 5.32. The van der Waals surface area contributed by atoms with Gasteiger partial charge in [-0.3, -0.25) is 9.59 Å². The van der Waals surface area contributed by atoms with E-state index in [0.717, 1.165) is 33.5 Å². The first-order valence-corrected chi connectivity index (χ1v) is 9.97. The summed E-state index contributed by atoms with van der Waals surface area (Å²) in [6, 6.07) is 21.1. The molecule has 1 aliphatic heterocycles. The van der Waals surface area contributed by atoms with Gasteiger partial charge in [0.05, 0.1) is 11.3 Å². The maximum absolute atomic E-state index is 13.6. The fraction of sp³-hybridized carbons (Fsp3) is 0.154. The first-order chi connectivity index (χ1) is 14.4. The Morgan fingerprint density at radius 1 is 0.700 bits per heavy atom. The molecular formula is C26H24N2O2. The summed E-state index contributed by atoms with van der Waals surface area (Å²) in [7, 11) is 0. The normalized spacial score (nSPS) is 13.9. The smallest absolute Gasteiger partial charge is 0.282 e. The van der Waals surface area contributed by atoms with Crippen LogP contribution in [-0.2, 0) is 9.59 Å². The van der Waals surface area contributed by atoms with Gasteiger partial charge in [-0.15, -0.1) is 0 Å². The third kappa shape index (κ3) is 3.41. The van der Waals surface area contributed by atoms with E-state index in [1.165, 1.54) is 4.90 Å². The molecule has 30 heavy (non-hydrogen) atoms. The van der Waals surface area contributed by atoms with Crippen LogP contribution in [0, 0.1) is 27.7 Å². The van der Waals surface area contributed by atoms with Crippen molar-refractivity contribution in [2.75, 3.05) is 10.2 Å². The van der Waals surface area contributed by atoms with Gasteiger partial charge in [0.1, 0.15) is 5.70 Å². The number of nitrogens with zero attached hydrogens (tertiary/aromatic N) is 1. The van der Waals surface area contributed by atoms with Crippen LogP contribution in [0.4, 0.5) is 11.4 Å². The second-order valence-electron chi connectivity index (χ2n) is 7.79. The number of imide groups is 1. The number of para-hydroxylation sites is 1. The van der Waals surface area contributed by atoms with E-state index in [2.05, 4.69) is 5.32 Å². The molecule has 4 rings (SSSR count). The van der Waals surface area contributed by atoms with E-state index in [9.17, 15) is 9.59 Å². The van der Waals surface area contributed by atoms with Crippen molar-refractivity contribution in [3.05, 3.63) is 100 Å². The number of hydrogen-bond donors (Lipinski definition) is 1. The summed E-state index contributed by atoms with van der Waals surface area (Å²) < 4.78 is 0. The SMILES string of the molecule is Cc1cccc(N2C(=O)C(Nc3ccccc3C)=C(c3ccc(C)cc3C)C2=O)c1. The quantitative estimate of drug-likeness (QED) is 0.608. The first-order valence-electron chi connectivity index (χ1n) is 9.97. The minimum absolute atomic E-state index is 0.308. The zero-order chi connectivity index (χ0) is 21.4. The lowest BCUT2D eigenvalue weighted by atomic mass is 9.97. The molecule has 2 amide bonds. The van der Waals surface area contributed by atoms with E-state index in [4.69, 9.17) is 0 Å². The van der Waals surface area contributed by atoms with Crippen LogP contribution in [0.15, 0.2) is 72.4 Å². The lowest BCUT2D eigenvalue weighted by Crippen LogP contribution is -2.32. The summed E-state index contributed by atoms with van der Waals surface area (Å²) >= 11 is 0. The van der Waals surface area contributed by atoms with E-state index in [1.807, 2.05) is 88.4 Å². The average Bonchev–Trinajstić information content (AvgIpc) is 2.94. The number of carbonyl (C=O) groups excluding carboxylic acids is 2. The van der Waals surface area contributed by atoms with Gasteiger partial charge in [0.25, 0.3) is 11.8 Å². The van der Waals surface area contributed by atoms with Crippen molar-refractivity contribution in [3.8, 4) is 0 Å². The highest BCUT2D eigenvalue weighted by molar-refractivity contribution is 6.46. The Hall–Kier alpha value is -3.66. The van der Waals surface area contributed by atoms with Gasteiger partial charge in [-0.05, 0) is 68.1 Å². The molecule has 0 saturated carbocycles. The monoisotopic (exact) mass is 396 g/mol. The van der Waals surface area contributed by atoms with Crippen molar-refractivity contribution in [2.45, 2.75) is 27.7 Å². The number of aryl methyl sites for hydroxylation is 4. The molecule has 0 fully saturated rings. The van der Waals surface area contributed by atoms with Crippen LogP contribution in [0.25, 0.3) is 5.57 Å². The highest BCUT2D eigenvalue weighted by atomic mass is 16.2. The topological polar surface area (TPSA) is 49.4 Å². The van der Waals surface area contributed by atoms with Crippen LogP contribution in [-0.4, -0.2) is 11.8 Å². The molecule has 3 aromatic carbocycles. The highest BCUT2D eigenvalue weighted by Crippen LogP contribution is 2.35. The van der Waals surface area contributed by atoms with E-state index < -0.39 is 0 Å². The Labute approximate surface area is 176 Å². The number of carbonyl (C=O) groups is 2. The van der Waals surface area contributed by atoms with Gasteiger partial charge in [-0.1, -0.05) is 54.1 Å². The third-order valence-electron chi connectivity index (χ3n) is 5.40. The maximum Gasteiger partial charge on any atom is 0.282 e. The molecule has 4 heteroatoms. The van der Waals surface area contributed by atoms with Gasteiger partial charge >= 0.3 is 0 Å². The van der Waals surface area contributed by atoms with Crippen molar-refractivity contribution in [3.63, 3.8) is 0 Å². The Morgan fingerprint density at radius 3 is 2.13 bits per heavy atom. The van der Waals surface area contributed by atoms with Crippen LogP contribution in [0.2, 0.25) is 0 Å².